The molecule has 1 N–H and O–H groups in total. The second-order valence-electron chi connectivity index (χ2n) is 5.17. The first-order valence-corrected chi connectivity index (χ1v) is 6.89. The normalized spacial score (nSPS) is 18.0. The van der Waals surface area contributed by atoms with E-state index in [-0.39, 0.29) is 11.8 Å². The van der Waals surface area contributed by atoms with Crippen molar-refractivity contribution >= 4 is 18.0 Å². The van der Waals surface area contributed by atoms with Gasteiger partial charge in [-0.3, -0.25) is 4.79 Å². The molecule has 1 aromatic rings. The zero-order valence-corrected chi connectivity index (χ0v) is 12.0. The van der Waals surface area contributed by atoms with E-state index in [2.05, 4.69) is 0 Å². The van der Waals surface area contributed by atoms with Crippen LogP contribution >= 0.6 is 0 Å². The van der Waals surface area contributed by atoms with Crippen molar-refractivity contribution < 1.29 is 19.4 Å². The molecule has 0 aromatic heterocycles. The van der Waals surface area contributed by atoms with Crippen LogP contribution in [0.3, 0.4) is 0 Å². The number of carbonyl (C=O) groups excluding carboxylic acids is 1. The first-order chi connectivity index (χ1) is 10.1. The number of amides is 1. The fourth-order valence-corrected chi connectivity index (χ4v) is 2.36. The largest absolute Gasteiger partial charge is 0.478 e. The number of carbonyl (C=O) groups is 2. The van der Waals surface area contributed by atoms with Crippen LogP contribution in [0.15, 0.2) is 30.3 Å². The summed E-state index contributed by atoms with van der Waals surface area (Å²) in [5, 5.41) is 8.63. The maximum atomic E-state index is 12.2. The SMILES string of the molecule is CN(Cc1cccc(C=CC(=O)O)c1)C(=O)C1CCOC1. The van der Waals surface area contributed by atoms with Crippen molar-refractivity contribution in [3.05, 3.63) is 41.5 Å². The number of nitrogens with zero attached hydrogens (tertiary/aromatic N) is 1. The van der Waals surface area contributed by atoms with Gasteiger partial charge in [-0.15, -0.1) is 0 Å². The van der Waals surface area contributed by atoms with Crippen LogP contribution in [0, 0.1) is 5.92 Å². The number of ether oxygens (including phenoxy) is 1. The Morgan fingerprint density at radius 1 is 1.48 bits per heavy atom. The molecule has 21 heavy (non-hydrogen) atoms. The molecule has 1 amide bonds. The summed E-state index contributed by atoms with van der Waals surface area (Å²) in [7, 11) is 1.78. The van der Waals surface area contributed by atoms with Crippen molar-refractivity contribution in [2.75, 3.05) is 20.3 Å². The Morgan fingerprint density at radius 3 is 2.95 bits per heavy atom. The number of benzene rings is 1. The summed E-state index contributed by atoms with van der Waals surface area (Å²) < 4.78 is 5.24. The number of carboxylic acids is 1. The molecule has 0 spiro atoms. The predicted molar refractivity (Wildman–Crippen MR) is 78.5 cm³/mol. The number of rotatable bonds is 5. The minimum Gasteiger partial charge on any atom is -0.478 e. The van der Waals surface area contributed by atoms with E-state index in [9.17, 15) is 9.59 Å². The lowest BCUT2D eigenvalue weighted by Crippen LogP contribution is -2.32. The zero-order valence-electron chi connectivity index (χ0n) is 12.0. The smallest absolute Gasteiger partial charge is 0.328 e. The highest BCUT2D eigenvalue weighted by molar-refractivity contribution is 5.85. The first-order valence-electron chi connectivity index (χ1n) is 6.89. The minimum absolute atomic E-state index is 0.0370. The van der Waals surface area contributed by atoms with Gasteiger partial charge in [-0.2, -0.15) is 0 Å². The maximum absolute atomic E-state index is 12.2. The third-order valence-electron chi connectivity index (χ3n) is 3.44. The second kappa shape index (κ2) is 7.04. The van der Waals surface area contributed by atoms with Gasteiger partial charge in [0.05, 0.1) is 12.5 Å². The Kier molecular flexibility index (Phi) is 5.11. The summed E-state index contributed by atoms with van der Waals surface area (Å²) >= 11 is 0. The monoisotopic (exact) mass is 289 g/mol. The van der Waals surface area contributed by atoms with Crippen molar-refractivity contribution in [2.24, 2.45) is 5.92 Å². The van der Waals surface area contributed by atoms with Crippen LogP contribution in [0.2, 0.25) is 0 Å². The van der Waals surface area contributed by atoms with Gasteiger partial charge in [0.15, 0.2) is 0 Å². The lowest BCUT2D eigenvalue weighted by atomic mass is 10.1. The average Bonchev–Trinajstić information content (AvgIpc) is 2.98. The van der Waals surface area contributed by atoms with E-state index in [4.69, 9.17) is 9.84 Å². The van der Waals surface area contributed by atoms with Crippen LogP contribution in [0.5, 0.6) is 0 Å². The lowest BCUT2D eigenvalue weighted by molar-refractivity contribution is -0.134. The van der Waals surface area contributed by atoms with Gasteiger partial charge in [0.1, 0.15) is 0 Å². The fraction of sp³-hybridized carbons (Fsp3) is 0.375. The highest BCUT2D eigenvalue weighted by Crippen LogP contribution is 2.17. The van der Waals surface area contributed by atoms with Gasteiger partial charge in [-0.25, -0.2) is 4.79 Å². The van der Waals surface area contributed by atoms with E-state index in [1.807, 2.05) is 24.3 Å². The molecule has 1 aliphatic heterocycles. The molecular weight excluding hydrogens is 270 g/mol. The Morgan fingerprint density at radius 2 is 2.29 bits per heavy atom. The summed E-state index contributed by atoms with van der Waals surface area (Å²) in [5.41, 5.74) is 1.78. The Labute approximate surface area is 123 Å². The van der Waals surface area contributed by atoms with Gasteiger partial charge in [0.25, 0.3) is 0 Å². The van der Waals surface area contributed by atoms with E-state index in [1.165, 1.54) is 0 Å². The molecule has 2 rings (SSSR count). The molecule has 1 saturated heterocycles. The van der Waals surface area contributed by atoms with Crippen molar-refractivity contribution in [3.63, 3.8) is 0 Å². The summed E-state index contributed by atoms with van der Waals surface area (Å²) in [6.45, 7) is 1.66. The van der Waals surface area contributed by atoms with E-state index in [1.54, 1.807) is 18.0 Å². The third-order valence-corrected chi connectivity index (χ3v) is 3.44. The van der Waals surface area contributed by atoms with E-state index >= 15 is 0 Å². The standard InChI is InChI=1S/C16H19NO4/c1-17(16(20)14-7-8-21-11-14)10-13-4-2-3-12(9-13)5-6-15(18)19/h2-6,9,14H,7-8,10-11H2,1H3,(H,18,19). The highest BCUT2D eigenvalue weighted by Gasteiger charge is 2.26. The van der Waals surface area contributed by atoms with Crippen LogP contribution in [-0.2, 0) is 20.9 Å². The molecule has 0 bridgehead atoms. The molecule has 1 atom stereocenters. The predicted octanol–water partition coefficient (Wildman–Crippen LogP) is 1.78. The second-order valence-corrected chi connectivity index (χ2v) is 5.17. The molecule has 1 heterocycles. The molecular formula is C16H19NO4. The Hall–Kier alpha value is -2.14. The molecule has 1 aromatic carbocycles. The number of carboxylic acid groups (broad SMARTS) is 1. The van der Waals surface area contributed by atoms with Gasteiger partial charge in [0, 0.05) is 26.3 Å². The molecule has 112 valence electrons. The van der Waals surface area contributed by atoms with Gasteiger partial charge in [0.2, 0.25) is 5.91 Å². The number of hydrogen-bond acceptors (Lipinski definition) is 3. The summed E-state index contributed by atoms with van der Waals surface area (Å²) in [6, 6.07) is 7.49. The minimum atomic E-state index is -0.978. The van der Waals surface area contributed by atoms with Crippen LogP contribution in [0.1, 0.15) is 17.5 Å². The summed E-state index contributed by atoms with van der Waals surface area (Å²) in [4.78, 5) is 24.4. The maximum Gasteiger partial charge on any atom is 0.328 e. The zero-order chi connectivity index (χ0) is 15.2. The number of hydrogen-bond donors (Lipinski definition) is 1. The van der Waals surface area contributed by atoms with E-state index < -0.39 is 5.97 Å². The van der Waals surface area contributed by atoms with Gasteiger partial charge >= 0.3 is 5.97 Å². The molecule has 1 aliphatic rings. The van der Waals surface area contributed by atoms with Crippen LogP contribution in [0.25, 0.3) is 6.08 Å². The molecule has 0 aliphatic carbocycles. The van der Waals surface area contributed by atoms with Crippen molar-refractivity contribution in [2.45, 2.75) is 13.0 Å². The van der Waals surface area contributed by atoms with Crippen LogP contribution < -0.4 is 0 Å². The van der Waals surface area contributed by atoms with Gasteiger partial charge < -0.3 is 14.7 Å². The molecule has 0 saturated carbocycles. The molecule has 0 radical (unpaired) electrons. The van der Waals surface area contributed by atoms with Crippen molar-refractivity contribution in [1.29, 1.82) is 0 Å². The number of aliphatic carboxylic acids is 1. The van der Waals surface area contributed by atoms with Crippen molar-refractivity contribution in [3.8, 4) is 0 Å². The van der Waals surface area contributed by atoms with Gasteiger partial charge in [-0.05, 0) is 29.7 Å². The lowest BCUT2D eigenvalue weighted by Gasteiger charge is -2.20. The molecule has 1 unspecified atom stereocenters. The third kappa shape index (κ3) is 4.43. The fourth-order valence-electron chi connectivity index (χ4n) is 2.36. The molecule has 5 heteroatoms. The highest BCUT2D eigenvalue weighted by atomic mass is 16.5. The quantitative estimate of drug-likeness (QED) is 0.839. The Bertz CT molecular complexity index is 547. The van der Waals surface area contributed by atoms with E-state index in [0.29, 0.717) is 19.8 Å². The Balaban J connectivity index is 2.00. The van der Waals surface area contributed by atoms with Crippen LogP contribution in [-0.4, -0.2) is 42.1 Å². The summed E-state index contributed by atoms with van der Waals surface area (Å²) in [5.74, 6) is -0.919. The average molecular weight is 289 g/mol. The van der Waals surface area contributed by atoms with Crippen molar-refractivity contribution in [1.82, 2.24) is 4.90 Å². The van der Waals surface area contributed by atoms with Crippen LogP contribution in [0.4, 0.5) is 0 Å². The summed E-state index contributed by atoms with van der Waals surface area (Å²) in [6.07, 6.45) is 3.42. The van der Waals surface area contributed by atoms with E-state index in [0.717, 1.165) is 23.6 Å². The molecule has 5 nitrogen and oxygen atoms in total. The molecule has 1 fully saturated rings. The topological polar surface area (TPSA) is 66.8 Å². The van der Waals surface area contributed by atoms with Gasteiger partial charge in [-0.1, -0.05) is 18.2 Å². The first kappa shape index (κ1) is 15.3.